The Morgan fingerprint density at radius 1 is 1.00 bits per heavy atom. The van der Waals surface area contributed by atoms with Gasteiger partial charge in [-0.1, -0.05) is 83.6 Å². The lowest BCUT2D eigenvalue weighted by Crippen LogP contribution is -2.19. The van der Waals surface area contributed by atoms with Crippen LogP contribution in [0.3, 0.4) is 0 Å². The predicted molar refractivity (Wildman–Crippen MR) is 158 cm³/mol. The number of carbonyl (C=O) groups is 2. The van der Waals surface area contributed by atoms with Gasteiger partial charge in [0.1, 0.15) is 17.4 Å². The fourth-order valence-corrected chi connectivity index (χ4v) is 4.96. The molecule has 8 nitrogen and oxygen atoms in total. The Morgan fingerprint density at radius 2 is 1.80 bits per heavy atom. The molecule has 200 valence electrons. The van der Waals surface area contributed by atoms with Crippen LogP contribution >= 0.6 is 22.9 Å². The first-order chi connectivity index (χ1) is 19.5. The smallest absolute Gasteiger partial charge is 0.257 e. The van der Waals surface area contributed by atoms with Crippen molar-refractivity contribution >= 4 is 56.9 Å². The first-order valence-electron chi connectivity index (χ1n) is 12.4. The van der Waals surface area contributed by atoms with Crippen molar-refractivity contribution in [2.75, 3.05) is 5.32 Å². The van der Waals surface area contributed by atoms with E-state index in [-0.39, 0.29) is 18.2 Å². The highest BCUT2D eigenvalue weighted by Gasteiger charge is 2.14. The zero-order valence-corrected chi connectivity index (χ0v) is 23.0. The van der Waals surface area contributed by atoms with Crippen molar-refractivity contribution < 1.29 is 14.3 Å². The number of nitrogens with one attached hydrogen (secondary N) is 2. The van der Waals surface area contributed by atoms with E-state index in [0.717, 1.165) is 33.2 Å². The summed E-state index contributed by atoms with van der Waals surface area (Å²) in [5.74, 6) is -0.0900. The highest BCUT2D eigenvalue weighted by molar-refractivity contribution is 7.15. The molecule has 0 unspecified atom stereocenters. The lowest BCUT2D eigenvalue weighted by Gasteiger charge is -2.11. The van der Waals surface area contributed by atoms with E-state index >= 15 is 0 Å². The summed E-state index contributed by atoms with van der Waals surface area (Å²) in [7, 11) is 0. The number of hydrogen-bond acceptors (Lipinski definition) is 7. The third-order valence-electron chi connectivity index (χ3n) is 6.02. The van der Waals surface area contributed by atoms with Crippen LogP contribution in [0.2, 0.25) is 5.02 Å². The molecule has 2 N–H and O–H groups in total. The fourth-order valence-electron chi connectivity index (χ4n) is 4.04. The van der Waals surface area contributed by atoms with Gasteiger partial charge in [0.15, 0.2) is 0 Å². The van der Waals surface area contributed by atoms with Gasteiger partial charge in [-0.25, -0.2) is 5.43 Å². The molecule has 0 saturated carbocycles. The monoisotopic (exact) mass is 569 g/mol. The summed E-state index contributed by atoms with van der Waals surface area (Å²) in [5, 5.41) is 18.3. The van der Waals surface area contributed by atoms with Crippen LogP contribution in [0.15, 0.2) is 90.0 Å². The van der Waals surface area contributed by atoms with Gasteiger partial charge in [0.05, 0.1) is 12.6 Å². The number of aromatic nitrogens is 2. The largest absolute Gasteiger partial charge is 0.488 e. The van der Waals surface area contributed by atoms with Crippen LogP contribution in [0.1, 0.15) is 32.1 Å². The molecule has 0 spiro atoms. The summed E-state index contributed by atoms with van der Waals surface area (Å²) < 4.78 is 6.10. The Morgan fingerprint density at radius 3 is 2.67 bits per heavy atom. The number of rotatable bonds is 9. The van der Waals surface area contributed by atoms with Crippen molar-refractivity contribution in [3.63, 3.8) is 0 Å². The van der Waals surface area contributed by atoms with Crippen LogP contribution in [-0.4, -0.2) is 28.2 Å². The molecule has 0 aliphatic heterocycles. The number of anilines is 1. The molecule has 1 aromatic heterocycles. The summed E-state index contributed by atoms with van der Waals surface area (Å²) in [6.07, 6.45) is 1.44. The molecule has 2 amide bonds. The van der Waals surface area contributed by atoms with E-state index in [1.165, 1.54) is 6.21 Å². The molecule has 0 aliphatic rings. The number of aryl methyl sites for hydroxylation is 1. The van der Waals surface area contributed by atoms with Crippen LogP contribution in [0.4, 0.5) is 5.13 Å². The number of nitrogens with zero attached hydrogens (tertiary/aromatic N) is 3. The van der Waals surface area contributed by atoms with Crippen LogP contribution in [-0.2, 0) is 17.8 Å². The quantitative estimate of drug-likeness (QED) is 0.163. The third kappa shape index (κ3) is 6.69. The zero-order chi connectivity index (χ0) is 27.9. The minimum absolute atomic E-state index is 0.0464. The van der Waals surface area contributed by atoms with Gasteiger partial charge in [-0.3, -0.25) is 14.9 Å². The number of benzene rings is 4. The lowest BCUT2D eigenvalue weighted by molar-refractivity contribution is -0.120. The minimum Gasteiger partial charge on any atom is -0.488 e. The number of amides is 2. The standard InChI is InChI=1S/C30H24ClN5O3S/c1-19-7-2-4-11-24(19)29(38)33-30-36-35-28(40-30)16-27(37)34-32-17-22-15-23(31)13-14-26(22)39-18-21-10-6-9-20-8-3-5-12-25(20)21/h2-15,17H,16,18H2,1H3,(H,34,37)(H,33,36,38). The average molecular weight is 570 g/mol. The molecule has 1 heterocycles. The zero-order valence-electron chi connectivity index (χ0n) is 21.4. The van der Waals surface area contributed by atoms with E-state index in [2.05, 4.69) is 44.2 Å². The molecule has 0 bridgehead atoms. The maximum atomic E-state index is 12.5. The second kappa shape index (κ2) is 12.5. The molecule has 5 rings (SSSR count). The highest BCUT2D eigenvalue weighted by Crippen LogP contribution is 2.25. The van der Waals surface area contributed by atoms with Crippen molar-refractivity contribution in [1.29, 1.82) is 0 Å². The van der Waals surface area contributed by atoms with Crippen LogP contribution in [0.25, 0.3) is 10.8 Å². The molecule has 5 aromatic rings. The molecule has 0 aliphatic carbocycles. The summed E-state index contributed by atoms with van der Waals surface area (Å²) in [4.78, 5) is 24.9. The third-order valence-corrected chi connectivity index (χ3v) is 7.09. The van der Waals surface area contributed by atoms with E-state index in [1.54, 1.807) is 30.3 Å². The molecular formula is C30H24ClN5O3S. The minimum atomic E-state index is -0.385. The fraction of sp³-hybridized carbons (Fsp3) is 0.100. The number of ether oxygens (including phenoxy) is 1. The van der Waals surface area contributed by atoms with Gasteiger partial charge in [0.25, 0.3) is 5.91 Å². The molecule has 0 fully saturated rings. The second-order valence-corrected chi connectivity index (χ2v) is 10.3. The molecule has 0 radical (unpaired) electrons. The van der Waals surface area contributed by atoms with Gasteiger partial charge >= 0.3 is 0 Å². The summed E-state index contributed by atoms with van der Waals surface area (Å²) in [5.41, 5.74) is 5.56. The Balaban J connectivity index is 1.18. The molecular weight excluding hydrogens is 546 g/mol. The molecule has 40 heavy (non-hydrogen) atoms. The molecule has 0 saturated heterocycles. The van der Waals surface area contributed by atoms with Gasteiger partial charge in [-0.2, -0.15) is 5.10 Å². The number of hydrazone groups is 1. The summed E-state index contributed by atoms with van der Waals surface area (Å²) in [6.45, 7) is 2.21. The van der Waals surface area contributed by atoms with E-state index < -0.39 is 0 Å². The lowest BCUT2D eigenvalue weighted by atomic mass is 10.1. The SMILES string of the molecule is Cc1ccccc1C(=O)Nc1nnc(CC(=O)NN=Cc2cc(Cl)ccc2OCc2cccc3ccccc23)s1. The van der Waals surface area contributed by atoms with Crippen molar-refractivity contribution in [3.05, 3.63) is 117 Å². The Hall–Kier alpha value is -4.60. The second-order valence-electron chi connectivity index (χ2n) is 8.85. The highest BCUT2D eigenvalue weighted by atomic mass is 35.5. The number of halogens is 1. The number of hydrogen-bond donors (Lipinski definition) is 2. The maximum absolute atomic E-state index is 12.5. The number of carbonyl (C=O) groups excluding carboxylic acids is 2. The molecule has 0 atom stereocenters. The van der Waals surface area contributed by atoms with Crippen LogP contribution in [0, 0.1) is 6.92 Å². The van der Waals surface area contributed by atoms with Crippen molar-refractivity contribution in [1.82, 2.24) is 15.6 Å². The van der Waals surface area contributed by atoms with E-state index in [4.69, 9.17) is 16.3 Å². The summed E-state index contributed by atoms with van der Waals surface area (Å²) in [6, 6.07) is 26.7. The van der Waals surface area contributed by atoms with Gasteiger partial charge in [-0.05, 0) is 53.1 Å². The Bertz CT molecular complexity index is 1710. The van der Waals surface area contributed by atoms with Crippen molar-refractivity contribution in [3.8, 4) is 5.75 Å². The predicted octanol–water partition coefficient (Wildman–Crippen LogP) is 6.18. The first kappa shape index (κ1) is 27.0. The Kier molecular flexibility index (Phi) is 8.44. The van der Waals surface area contributed by atoms with Crippen molar-refractivity contribution in [2.45, 2.75) is 20.0 Å². The molecule has 4 aromatic carbocycles. The van der Waals surface area contributed by atoms with Gasteiger partial charge in [0.2, 0.25) is 11.0 Å². The van der Waals surface area contributed by atoms with Gasteiger partial charge < -0.3 is 4.74 Å². The van der Waals surface area contributed by atoms with E-state index in [0.29, 0.717) is 38.6 Å². The average Bonchev–Trinajstić information content (AvgIpc) is 3.39. The van der Waals surface area contributed by atoms with Gasteiger partial charge in [0, 0.05) is 16.1 Å². The van der Waals surface area contributed by atoms with Crippen LogP contribution in [0.5, 0.6) is 5.75 Å². The van der Waals surface area contributed by atoms with E-state index in [1.807, 2.05) is 43.3 Å². The number of fused-ring (bicyclic) bond motifs is 1. The van der Waals surface area contributed by atoms with Crippen LogP contribution < -0.4 is 15.5 Å². The maximum Gasteiger partial charge on any atom is 0.257 e. The molecule has 10 heteroatoms. The van der Waals surface area contributed by atoms with Gasteiger partial charge in [-0.15, -0.1) is 10.2 Å². The Labute approximate surface area is 239 Å². The normalized spacial score (nSPS) is 11.1. The van der Waals surface area contributed by atoms with Crippen molar-refractivity contribution in [2.24, 2.45) is 5.10 Å². The summed E-state index contributed by atoms with van der Waals surface area (Å²) >= 11 is 7.32. The topological polar surface area (TPSA) is 106 Å². The van der Waals surface area contributed by atoms with E-state index in [9.17, 15) is 9.59 Å². The first-order valence-corrected chi connectivity index (χ1v) is 13.6.